The summed E-state index contributed by atoms with van der Waals surface area (Å²) in [5, 5.41) is 7.21. The first-order valence-electron chi connectivity index (χ1n) is 8.88. The minimum atomic E-state index is -0.243. The second-order valence-electron chi connectivity index (χ2n) is 7.08. The molecule has 4 atom stereocenters. The largest absolute Gasteiger partial charge is 0.463 e. The number of furan rings is 1. The van der Waals surface area contributed by atoms with Crippen LogP contribution >= 0.6 is 12.2 Å². The van der Waals surface area contributed by atoms with E-state index in [2.05, 4.69) is 16.7 Å². The van der Waals surface area contributed by atoms with E-state index in [9.17, 15) is 4.39 Å². The number of fused-ring (bicyclic) bond motifs is 2. The first-order valence-corrected chi connectivity index (χ1v) is 9.29. The van der Waals surface area contributed by atoms with E-state index in [0.29, 0.717) is 23.2 Å². The van der Waals surface area contributed by atoms with Gasteiger partial charge in [0.25, 0.3) is 0 Å². The number of anilines is 1. The van der Waals surface area contributed by atoms with Crippen molar-refractivity contribution in [2.24, 2.45) is 0 Å². The normalized spacial score (nSPS) is 27.9. The molecule has 2 bridgehead atoms. The summed E-state index contributed by atoms with van der Waals surface area (Å²) in [7, 11) is 0. The van der Waals surface area contributed by atoms with E-state index >= 15 is 0 Å². The number of quaternary nitrogens is 1. The third-order valence-corrected chi connectivity index (χ3v) is 5.67. The Morgan fingerprint density at radius 2 is 1.88 bits per heavy atom. The zero-order valence-corrected chi connectivity index (χ0v) is 14.8. The second-order valence-corrected chi connectivity index (χ2v) is 7.48. The standard InChI is InChI=1S/C19H22FN3OS/c20-13-3-5-14(6-4-13)21-19(25)22-15-10-16-7-8-17(11-15)23(16)12-18-2-1-9-24-18/h1-6,9,15-17H,7-8,10-12H2,(H2,21,22,25)/p+1/t15?,16-,17+. The molecular weight excluding hydrogens is 337 g/mol. The summed E-state index contributed by atoms with van der Waals surface area (Å²) in [6.45, 7) is 0.979. The van der Waals surface area contributed by atoms with Crippen LogP contribution in [0.5, 0.6) is 0 Å². The fourth-order valence-corrected chi connectivity index (χ4v) is 4.62. The quantitative estimate of drug-likeness (QED) is 0.733. The predicted molar refractivity (Wildman–Crippen MR) is 99.0 cm³/mol. The molecule has 2 aliphatic rings. The molecule has 6 heteroatoms. The Morgan fingerprint density at radius 1 is 1.16 bits per heavy atom. The van der Waals surface area contributed by atoms with Gasteiger partial charge in [0, 0.05) is 37.4 Å². The molecular formula is C19H23FN3OS+. The average molecular weight is 360 g/mol. The third-order valence-electron chi connectivity index (χ3n) is 5.45. The minimum Gasteiger partial charge on any atom is -0.463 e. The maximum atomic E-state index is 13.0. The zero-order chi connectivity index (χ0) is 17.2. The Balaban J connectivity index is 1.31. The van der Waals surface area contributed by atoms with Crippen LogP contribution in [-0.4, -0.2) is 23.2 Å². The molecule has 1 aromatic heterocycles. The molecule has 0 amide bonds. The van der Waals surface area contributed by atoms with Gasteiger partial charge in [-0.25, -0.2) is 4.39 Å². The van der Waals surface area contributed by atoms with Crippen molar-refractivity contribution in [3.05, 3.63) is 54.2 Å². The van der Waals surface area contributed by atoms with Gasteiger partial charge in [-0.3, -0.25) is 0 Å². The fraction of sp³-hybridized carbons (Fsp3) is 0.421. The van der Waals surface area contributed by atoms with Gasteiger partial charge in [0.2, 0.25) is 0 Å². The maximum Gasteiger partial charge on any atom is 0.171 e. The highest BCUT2D eigenvalue weighted by Crippen LogP contribution is 2.23. The molecule has 2 unspecified atom stereocenters. The van der Waals surface area contributed by atoms with Gasteiger partial charge >= 0.3 is 0 Å². The Bertz CT molecular complexity index is 705. The molecule has 2 fully saturated rings. The van der Waals surface area contributed by atoms with Crippen LogP contribution in [0.3, 0.4) is 0 Å². The van der Waals surface area contributed by atoms with Gasteiger partial charge in [-0.15, -0.1) is 0 Å². The topological polar surface area (TPSA) is 41.6 Å². The van der Waals surface area contributed by atoms with E-state index in [1.165, 1.54) is 25.0 Å². The first-order chi connectivity index (χ1) is 12.2. The molecule has 2 saturated heterocycles. The van der Waals surface area contributed by atoms with Gasteiger partial charge in [-0.1, -0.05) is 0 Å². The van der Waals surface area contributed by atoms with Gasteiger partial charge in [0.1, 0.15) is 12.4 Å². The smallest absolute Gasteiger partial charge is 0.171 e. The number of rotatable bonds is 4. The summed E-state index contributed by atoms with van der Waals surface area (Å²) >= 11 is 5.43. The number of thiocarbonyl (C=S) groups is 1. The van der Waals surface area contributed by atoms with Crippen LogP contribution in [0.1, 0.15) is 31.4 Å². The molecule has 4 nitrogen and oxygen atoms in total. The molecule has 3 heterocycles. The molecule has 1 aromatic carbocycles. The Hall–Kier alpha value is -1.92. The summed E-state index contributed by atoms with van der Waals surface area (Å²) < 4.78 is 18.5. The number of hydrogen-bond acceptors (Lipinski definition) is 2. The van der Waals surface area contributed by atoms with E-state index in [-0.39, 0.29) is 5.82 Å². The van der Waals surface area contributed by atoms with Crippen molar-refractivity contribution in [3.8, 4) is 0 Å². The highest BCUT2D eigenvalue weighted by molar-refractivity contribution is 7.80. The number of nitrogens with one attached hydrogen (secondary N) is 3. The monoisotopic (exact) mass is 360 g/mol. The summed E-state index contributed by atoms with van der Waals surface area (Å²) in [5.41, 5.74) is 0.808. The lowest BCUT2D eigenvalue weighted by Crippen LogP contribution is -3.17. The Morgan fingerprint density at radius 3 is 2.52 bits per heavy atom. The van der Waals surface area contributed by atoms with E-state index < -0.39 is 0 Å². The number of hydrogen-bond donors (Lipinski definition) is 3. The van der Waals surface area contributed by atoms with Gasteiger partial charge in [-0.05, 0) is 48.6 Å². The molecule has 2 aromatic rings. The summed E-state index contributed by atoms with van der Waals surface area (Å²) in [5.74, 6) is 0.833. The Labute approximate surface area is 152 Å². The van der Waals surface area contributed by atoms with Crippen LogP contribution in [0.25, 0.3) is 0 Å². The van der Waals surface area contributed by atoms with Crippen LogP contribution in [0.15, 0.2) is 47.1 Å². The first kappa shape index (κ1) is 16.5. The molecule has 0 saturated carbocycles. The van der Waals surface area contributed by atoms with Crippen molar-refractivity contribution in [2.45, 2.75) is 50.4 Å². The minimum absolute atomic E-state index is 0.243. The molecule has 3 N–H and O–H groups in total. The lowest BCUT2D eigenvalue weighted by atomic mass is 9.97. The lowest BCUT2D eigenvalue weighted by Gasteiger charge is -2.36. The summed E-state index contributed by atoms with van der Waals surface area (Å²) in [4.78, 5) is 1.66. The predicted octanol–water partition coefficient (Wildman–Crippen LogP) is 2.48. The van der Waals surface area contributed by atoms with Gasteiger partial charge in [-0.2, -0.15) is 0 Å². The molecule has 0 spiro atoms. The van der Waals surface area contributed by atoms with Gasteiger partial charge in [0.15, 0.2) is 10.9 Å². The molecule has 4 rings (SSSR count). The maximum absolute atomic E-state index is 13.0. The Kier molecular flexibility index (Phi) is 4.72. The SMILES string of the molecule is Fc1ccc(NC(=S)NC2C[C@H]3CC[C@@H](C2)[NH+]3Cc2ccco2)cc1. The molecule has 0 radical (unpaired) electrons. The van der Waals surface area contributed by atoms with Crippen molar-refractivity contribution in [1.82, 2.24) is 5.32 Å². The zero-order valence-electron chi connectivity index (χ0n) is 14.0. The number of halogens is 1. The highest BCUT2D eigenvalue weighted by Gasteiger charge is 2.44. The third kappa shape index (κ3) is 3.85. The van der Waals surface area contributed by atoms with Crippen molar-refractivity contribution in [2.75, 3.05) is 5.32 Å². The van der Waals surface area contributed by atoms with E-state index in [1.54, 1.807) is 23.3 Å². The fourth-order valence-electron chi connectivity index (χ4n) is 4.33. The van der Waals surface area contributed by atoms with E-state index in [4.69, 9.17) is 16.6 Å². The van der Waals surface area contributed by atoms with E-state index in [1.807, 2.05) is 6.07 Å². The molecule has 0 aliphatic carbocycles. The molecule has 132 valence electrons. The second kappa shape index (κ2) is 7.14. The average Bonchev–Trinajstić information content (AvgIpc) is 3.17. The van der Waals surface area contributed by atoms with Crippen LogP contribution in [0.4, 0.5) is 10.1 Å². The summed E-state index contributed by atoms with van der Waals surface area (Å²) in [6.07, 6.45) is 6.55. The van der Waals surface area contributed by atoms with Crippen LogP contribution < -0.4 is 15.5 Å². The summed E-state index contributed by atoms with van der Waals surface area (Å²) in [6, 6.07) is 12.0. The van der Waals surface area contributed by atoms with Crippen molar-refractivity contribution in [3.63, 3.8) is 0 Å². The van der Waals surface area contributed by atoms with Crippen LogP contribution in [-0.2, 0) is 6.54 Å². The number of piperidine rings is 1. The van der Waals surface area contributed by atoms with E-state index in [0.717, 1.165) is 30.8 Å². The molecule has 2 aliphatic heterocycles. The van der Waals surface area contributed by atoms with Crippen molar-refractivity contribution in [1.29, 1.82) is 0 Å². The highest BCUT2D eigenvalue weighted by atomic mass is 32.1. The van der Waals surface area contributed by atoms with Crippen molar-refractivity contribution >= 4 is 23.0 Å². The molecule has 25 heavy (non-hydrogen) atoms. The van der Waals surface area contributed by atoms with Gasteiger partial charge < -0.3 is 20.0 Å². The van der Waals surface area contributed by atoms with Crippen LogP contribution in [0, 0.1) is 5.82 Å². The lowest BCUT2D eigenvalue weighted by molar-refractivity contribution is -0.955. The van der Waals surface area contributed by atoms with Gasteiger partial charge in [0.05, 0.1) is 18.3 Å². The number of benzene rings is 1. The van der Waals surface area contributed by atoms with Crippen LogP contribution in [0.2, 0.25) is 0 Å². The van der Waals surface area contributed by atoms with Crippen molar-refractivity contribution < 1.29 is 13.7 Å².